The number of hydrogen-bond donors (Lipinski definition) is 4. The van der Waals surface area contributed by atoms with Crippen LogP contribution in [0.1, 0.15) is 18.9 Å². The summed E-state index contributed by atoms with van der Waals surface area (Å²) in [5, 5.41) is 16.7. The molecule has 0 unspecified atom stereocenters. The summed E-state index contributed by atoms with van der Waals surface area (Å²) in [6.45, 7) is 7.01. The molecule has 2 aliphatic rings. The number of aromatic hydroxyl groups is 1. The lowest BCUT2D eigenvalue weighted by molar-refractivity contribution is 0.0497. The summed E-state index contributed by atoms with van der Waals surface area (Å²) in [7, 11) is 0. The van der Waals surface area contributed by atoms with E-state index in [2.05, 4.69) is 15.1 Å². The summed E-state index contributed by atoms with van der Waals surface area (Å²) >= 11 is 1.60. The van der Waals surface area contributed by atoms with Crippen LogP contribution in [0.15, 0.2) is 41.0 Å². The number of hydrogen-bond acceptors (Lipinski definition) is 7. The van der Waals surface area contributed by atoms with Crippen LogP contribution in [0.4, 0.5) is 0 Å². The van der Waals surface area contributed by atoms with Crippen molar-refractivity contribution in [2.45, 2.75) is 19.4 Å². The first-order valence-electron chi connectivity index (χ1n) is 9.37. The van der Waals surface area contributed by atoms with E-state index in [0.29, 0.717) is 17.3 Å². The molecule has 0 radical (unpaired) electrons. The first-order valence-corrected chi connectivity index (χ1v) is 10.3. The van der Waals surface area contributed by atoms with Crippen molar-refractivity contribution in [3.8, 4) is 5.75 Å². The van der Waals surface area contributed by atoms with E-state index in [1.807, 2.05) is 36.6 Å². The fraction of sp³-hybridized carbons (Fsp3) is 0.400. The van der Waals surface area contributed by atoms with Crippen LogP contribution < -0.4 is 16.8 Å². The van der Waals surface area contributed by atoms with E-state index < -0.39 is 0 Å². The second-order valence-electron chi connectivity index (χ2n) is 7.34. The van der Waals surface area contributed by atoms with Gasteiger partial charge >= 0.3 is 0 Å². The maximum Gasteiger partial charge on any atom is 0.133 e. The molecule has 3 heterocycles. The van der Waals surface area contributed by atoms with Crippen LogP contribution in [-0.2, 0) is 0 Å². The summed E-state index contributed by atoms with van der Waals surface area (Å²) in [4.78, 5) is 4.69. The molecule has 2 aliphatic heterocycles. The summed E-state index contributed by atoms with van der Waals surface area (Å²) < 4.78 is 1.05. The molecule has 1 aromatic carbocycles. The minimum atomic E-state index is 0.235. The van der Waals surface area contributed by atoms with Gasteiger partial charge in [-0.15, -0.1) is 11.3 Å². The predicted molar refractivity (Wildman–Crippen MR) is 112 cm³/mol. The molecule has 2 aromatic rings. The second kappa shape index (κ2) is 7.42. The molecule has 0 bridgehead atoms. The normalized spacial score (nSPS) is 20.6. The minimum absolute atomic E-state index is 0.235. The number of nitrogens with zero attached hydrogens (tertiary/aromatic N) is 2. The van der Waals surface area contributed by atoms with Crippen LogP contribution in [0.5, 0.6) is 5.75 Å². The van der Waals surface area contributed by atoms with Crippen molar-refractivity contribution >= 4 is 27.1 Å². The van der Waals surface area contributed by atoms with Gasteiger partial charge in [-0.2, -0.15) is 0 Å². The maximum absolute atomic E-state index is 10.6. The Morgan fingerprint density at radius 1 is 1.26 bits per heavy atom. The molecule has 6 nitrogen and oxygen atoms in total. The molecular weight excluding hydrogens is 358 g/mol. The molecule has 2 saturated heterocycles. The zero-order chi connectivity index (χ0) is 19.0. The quantitative estimate of drug-likeness (QED) is 0.602. The molecule has 144 valence electrons. The Labute approximate surface area is 163 Å². The largest absolute Gasteiger partial charge is 0.507 e. The number of phenolic OH excluding ortho intramolecular Hbond substituents is 1. The molecule has 4 rings (SSSR count). The SMILES string of the molecule is CC(/C=C(\N)N1CCCN(C2CNC2)C1)=C(/N)c1ccc2sccc2c1O. The van der Waals surface area contributed by atoms with Gasteiger partial charge in [0, 0.05) is 53.6 Å². The van der Waals surface area contributed by atoms with Crippen LogP contribution in [0, 0.1) is 0 Å². The van der Waals surface area contributed by atoms with Gasteiger partial charge < -0.3 is 26.8 Å². The van der Waals surface area contributed by atoms with Gasteiger partial charge in [0.1, 0.15) is 5.75 Å². The van der Waals surface area contributed by atoms with Gasteiger partial charge in [-0.05, 0) is 48.6 Å². The van der Waals surface area contributed by atoms with Gasteiger partial charge in [0.25, 0.3) is 0 Å². The van der Waals surface area contributed by atoms with Crippen molar-refractivity contribution in [3.05, 3.63) is 46.6 Å². The molecule has 0 atom stereocenters. The van der Waals surface area contributed by atoms with Crippen LogP contribution in [0.25, 0.3) is 15.8 Å². The van der Waals surface area contributed by atoms with Gasteiger partial charge in [-0.1, -0.05) is 0 Å². The Hall–Kier alpha value is -2.22. The molecule has 0 amide bonds. The van der Waals surface area contributed by atoms with E-state index in [9.17, 15) is 5.11 Å². The molecule has 0 aliphatic carbocycles. The summed E-state index contributed by atoms with van der Waals surface area (Å²) in [6.07, 6.45) is 3.04. The predicted octanol–water partition coefficient (Wildman–Crippen LogP) is 2.03. The number of rotatable bonds is 4. The Morgan fingerprint density at radius 3 is 2.81 bits per heavy atom. The molecule has 7 heteroatoms. The topological polar surface area (TPSA) is 90.8 Å². The summed E-state index contributed by atoms with van der Waals surface area (Å²) in [5.41, 5.74) is 14.8. The highest BCUT2D eigenvalue weighted by Crippen LogP contribution is 2.35. The number of benzene rings is 1. The van der Waals surface area contributed by atoms with Crippen molar-refractivity contribution in [2.75, 3.05) is 32.8 Å². The van der Waals surface area contributed by atoms with Crippen molar-refractivity contribution < 1.29 is 5.11 Å². The van der Waals surface area contributed by atoms with Crippen LogP contribution >= 0.6 is 11.3 Å². The van der Waals surface area contributed by atoms with E-state index >= 15 is 0 Å². The lowest BCUT2D eigenvalue weighted by Crippen LogP contribution is -2.61. The van der Waals surface area contributed by atoms with E-state index in [1.165, 1.54) is 0 Å². The number of phenols is 1. The first kappa shape index (κ1) is 18.2. The molecule has 0 spiro atoms. The van der Waals surface area contributed by atoms with Crippen LogP contribution in [0.2, 0.25) is 0 Å². The van der Waals surface area contributed by atoms with E-state index in [4.69, 9.17) is 11.5 Å². The average Bonchev–Trinajstić information content (AvgIpc) is 3.10. The Kier molecular flexibility index (Phi) is 4.99. The first-order chi connectivity index (χ1) is 13.0. The molecule has 0 saturated carbocycles. The minimum Gasteiger partial charge on any atom is -0.507 e. The van der Waals surface area contributed by atoms with Gasteiger partial charge in [0.05, 0.1) is 12.5 Å². The fourth-order valence-corrected chi connectivity index (χ4v) is 4.50. The average molecular weight is 386 g/mol. The zero-order valence-corrected chi connectivity index (χ0v) is 16.4. The van der Waals surface area contributed by atoms with Gasteiger partial charge in [-0.25, -0.2) is 0 Å². The number of thiophene rings is 1. The third kappa shape index (κ3) is 3.50. The van der Waals surface area contributed by atoms with Crippen molar-refractivity contribution in [1.29, 1.82) is 0 Å². The number of allylic oxidation sites excluding steroid dienone is 2. The highest BCUT2D eigenvalue weighted by molar-refractivity contribution is 7.17. The van der Waals surface area contributed by atoms with Gasteiger partial charge in [0.2, 0.25) is 0 Å². The monoisotopic (exact) mass is 385 g/mol. The highest BCUT2D eigenvalue weighted by atomic mass is 32.1. The van der Waals surface area contributed by atoms with Crippen molar-refractivity contribution in [2.24, 2.45) is 11.5 Å². The number of nitrogens with one attached hydrogen (secondary N) is 1. The molecular formula is C20H27N5OS. The van der Waals surface area contributed by atoms with Crippen LogP contribution in [-0.4, -0.2) is 53.8 Å². The third-order valence-corrected chi connectivity index (χ3v) is 6.44. The molecule has 1 aromatic heterocycles. The lowest BCUT2D eigenvalue weighted by Gasteiger charge is -2.44. The standard InChI is InChI=1S/C20H27N5OS/c1-13(19(22)16-3-4-17-15(20(16)26)5-8-27-17)9-18(21)25-7-2-6-24(12-25)14-10-23-11-14/h3-5,8-9,14,23,26H,2,6-7,10-12,21-22H2,1H3/b18-9+,19-13-. The summed E-state index contributed by atoms with van der Waals surface area (Å²) in [5.74, 6) is 0.961. The molecule has 2 fully saturated rings. The van der Waals surface area contributed by atoms with Crippen LogP contribution in [0.3, 0.4) is 0 Å². The fourth-order valence-electron chi connectivity index (χ4n) is 3.72. The maximum atomic E-state index is 10.6. The Balaban J connectivity index is 1.56. The Bertz CT molecular complexity index is 899. The smallest absolute Gasteiger partial charge is 0.133 e. The number of fused-ring (bicyclic) bond motifs is 1. The molecule has 27 heavy (non-hydrogen) atoms. The third-order valence-electron chi connectivity index (χ3n) is 5.55. The van der Waals surface area contributed by atoms with E-state index in [-0.39, 0.29) is 5.75 Å². The Morgan fingerprint density at radius 2 is 2.07 bits per heavy atom. The highest BCUT2D eigenvalue weighted by Gasteiger charge is 2.28. The van der Waals surface area contributed by atoms with Crippen molar-refractivity contribution in [1.82, 2.24) is 15.1 Å². The van der Waals surface area contributed by atoms with E-state index in [0.717, 1.165) is 60.7 Å². The van der Waals surface area contributed by atoms with Crippen molar-refractivity contribution in [3.63, 3.8) is 0 Å². The zero-order valence-electron chi connectivity index (χ0n) is 15.6. The lowest BCUT2D eigenvalue weighted by atomic mass is 10.0. The van der Waals surface area contributed by atoms with E-state index in [1.54, 1.807) is 11.3 Å². The van der Waals surface area contributed by atoms with Gasteiger partial charge in [0.15, 0.2) is 0 Å². The summed E-state index contributed by atoms with van der Waals surface area (Å²) in [6, 6.07) is 6.42. The number of nitrogens with two attached hydrogens (primary N) is 2. The molecule has 6 N–H and O–H groups in total. The second-order valence-corrected chi connectivity index (χ2v) is 8.29. The van der Waals surface area contributed by atoms with Gasteiger partial charge in [-0.3, -0.25) is 4.90 Å².